The van der Waals surface area contributed by atoms with Crippen molar-refractivity contribution >= 4 is 10.8 Å². The molecule has 4 rings (SSSR count). The molecule has 184 valence electrons. The highest BCUT2D eigenvalue weighted by molar-refractivity contribution is 5.85. The van der Waals surface area contributed by atoms with Gasteiger partial charge in [0.05, 0.1) is 0 Å². The number of fused-ring (bicyclic) bond motifs is 1. The minimum absolute atomic E-state index is 0.244. The molecular formula is C32H43FO. The number of rotatable bonds is 10. The molecule has 2 aliphatic carbocycles. The fourth-order valence-corrected chi connectivity index (χ4v) is 6.31. The summed E-state index contributed by atoms with van der Waals surface area (Å²) in [6, 6.07) is 10.1. The van der Waals surface area contributed by atoms with Gasteiger partial charge in [0.2, 0.25) is 0 Å². The maximum Gasteiger partial charge on any atom is 0.172 e. The van der Waals surface area contributed by atoms with Crippen molar-refractivity contribution in [2.75, 3.05) is 6.61 Å². The molecule has 0 bridgehead atoms. The van der Waals surface area contributed by atoms with E-state index in [1.54, 1.807) is 6.07 Å². The lowest BCUT2D eigenvalue weighted by Gasteiger charge is -2.32. The second kappa shape index (κ2) is 12.6. The van der Waals surface area contributed by atoms with Crippen LogP contribution in [0.25, 0.3) is 10.8 Å². The zero-order valence-corrected chi connectivity index (χ0v) is 21.1. The van der Waals surface area contributed by atoms with Gasteiger partial charge in [-0.15, -0.1) is 6.58 Å². The third-order valence-corrected chi connectivity index (χ3v) is 8.56. The standard InChI is InChI=1S/C32H43FO/c1-3-5-7-24-8-10-25(11-9-24)12-13-26-14-16-27(17-15-26)28-18-20-30-29(23-28)19-21-31(32(30)33)34-22-6-4-2/h3-4,6,18-21,23-27H,1,5,7-17,22H2,2H3. The Balaban J connectivity index is 1.25. The Kier molecular flexibility index (Phi) is 9.25. The molecule has 34 heavy (non-hydrogen) atoms. The van der Waals surface area contributed by atoms with Gasteiger partial charge in [-0.25, -0.2) is 4.39 Å². The van der Waals surface area contributed by atoms with Crippen molar-refractivity contribution in [2.45, 2.75) is 89.9 Å². The number of ether oxygens (including phenoxy) is 1. The van der Waals surface area contributed by atoms with Crippen LogP contribution in [0.4, 0.5) is 4.39 Å². The molecular weight excluding hydrogens is 419 g/mol. The van der Waals surface area contributed by atoms with Crippen LogP contribution < -0.4 is 4.74 Å². The number of halogens is 1. The maximum absolute atomic E-state index is 14.9. The largest absolute Gasteiger partial charge is 0.486 e. The van der Waals surface area contributed by atoms with Gasteiger partial charge in [-0.3, -0.25) is 0 Å². The molecule has 0 atom stereocenters. The predicted octanol–water partition coefficient (Wildman–Crippen LogP) is 9.76. The highest BCUT2D eigenvalue weighted by Crippen LogP contribution is 2.41. The quantitative estimate of drug-likeness (QED) is 0.319. The Bertz CT molecular complexity index is 945. The molecule has 0 aliphatic heterocycles. The first-order valence-electron chi connectivity index (χ1n) is 13.7. The van der Waals surface area contributed by atoms with Crippen LogP contribution in [0, 0.1) is 23.6 Å². The van der Waals surface area contributed by atoms with Gasteiger partial charge in [0.1, 0.15) is 6.61 Å². The van der Waals surface area contributed by atoms with Crippen molar-refractivity contribution in [3.05, 3.63) is 66.5 Å². The van der Waals surface area contributed by atoms with Gasteiger partial charge in [0.25, 0.3) is 0 Å². The van der Waals surface area contributed by atoms with Crippen molar-refractivity contribution in [1.82, 2.24) is 0 Å². The third-order valence-electron chi connectivity index (χ3n) is 8.56. The van der Waals surface area contributed by atoms with E-state index in [1.165, 1.54) is 82.6 Å². The summed E-state index contributed by atoms with van der Waals surface area (Å²) in [6.07, 6.45) is 22.3. The molecule has 2 aromatic carbocycles. The lowest BCUT2D eigenvalue weighted by atomic mass is 9.74. The fraction of sp³-hybridized carbons (Fsp3) is 0.562. The van der Waals surface area contributed by atoms with Crippen molar-refractivity contribution in [1.29, 1.82) is 0 Å². The molecule has 2 fully saturated rings. The molecule has 0 unspecified atom stereocenters. The lowest BCUT2D eigenvalue weighted by molar-refractivity contribution is 0.225. The van der Waals surface area contributed by atoms with Crippen LogP contribution in [0.2, 0.25) is 0 Å². The van der Waals surface area contributed by atoms with Crippen LogP contribution in [-0.2, 0) is 0 Å². The van der Waals surface area contributed by atoms with Crippen molar-refractivity contribution < 1.29 is 9.13 Å². The lowest BCUT2D eigenvalue weighted by Crippen LogP contribution is -2.17. The summed E-state index contributed by atoms with van der Waals surface area (Å²) >= 11 is 0. The van der Waals surface area contributed by atoms with Crippen LogP contribution in [0.3, 0.4) is 0 Å². The van der Waals surface area contributed by atoms with E-state index in [2.05, 4.69) is 24.8 Å². The van der Waals surface area contributed by atoms with Gasteiger partial charge >= 0.3 is 0 Å². The molecule has 2 saturated carbocycles. The highest BCUT2D eigenvalue weighted by Gasteiger charge is 2.25. The zero-order chi connectivity index (χ0) is 23.8. The van der Waals surface area contributed by atoms with E-state index in [1.807, 2.05) is 31.2 Å². The van der Waals surface area contributed by atoms with E-state index >= 15 is 0 Å². The van der Waals surface area contributed by atoms with Crippen LogP contribution in [0.15, 0.2) is 55.1 Å². The zero-order valence-electron chi connectivity index (χ0n) is 21.1. The van der Waals surface area contributed by atoms with Crippen LogP contribution in [0.1, 0.15) is 95.5 Å². The van der Waals surface area contributed by atoms with Gasteiger partial charge < -0.3 is 4.74 Å². The molecule has 0 spiro atoms. The van der Waals surface area contributed by atoms with Gasteiger partial charge in [0.15, 0.2) is 11.6 Å². The minimum Gasteiger partial charge on any atom is -0.486 e. The number of hydrogen-bond acceptors (Lipinski definition) is 1. The van der Waals surface area contributed by atoms with Gasteiger partial charge in [-0.1, -0.05) is 81.0 Å². The summed E-state index contributed by atoms with van der Waals surface area (Å²) in [5, 5.41) is 1.65. The molecule has 1 nitrogen and oxygen atoms in total. The average molecular weight is 463 g/mol. The Hall–Kier alpha value is -2.09. The Morgan fingerprint density at radius 3 is 2.18 bits per heavy atom. The van der Waals surface area contributed by atoms with E-state index in [0.717, 1.165) is 23.1 Å². The van der Waals surface area contributed by atoms with E-state index < -0.39 is 0 Å². The van der Waals surface area contributed by atoms with Crippen LogP contribution in [-0.4, -0.2) is 6.61 Å². The molecule has 0 heterocycles. The third kappa shape index (κ3) is 6.52. The van der Waals surface area contributed by atoms with Gasteiger partial charge in [0, 0.05) is 5.39 Å². The Labute approximate surface area is 206 Å². The van der Waals surface area contributed by atoms with Crippen molar-refractivity contribution in [2.24, 2.45) is 17.8 Å². The number of allylic oxidation sites excluding steroid dienone is 2. The van der Waals surface area contributed by atoms with E-state index in [0.29, 0.717) is 23.7 Å². The number of benzene rings is 2. The first kappa shape index (κ1) is 25.0. The first-order valence-corrected chi connectivity index (χ1v) is 13.7. The van der Waals surface area contributed by atoms with E-state index in [9.17, 15) is 4.39 Å². The molecule has 2 aromatic rings. The molecule has 0 radical (unpaired) electrons. The van der Waals surface area contributed by atoms with Gasteiger partial charge in [-0.2, -0.15) is 0 Å². The van der Waals surface area contributed by atoms with Crippen molar-refractivity contribution in [3.8, 4) is 5.75 Å². The van der Waals surface area contributed by atoms with E-state index in [-0.39, 0.29) is 5.82 Å². The highest BCUT2D eigenvalue weighted by atomic mass is 19.1. The monoisotopic (exact) mass is 462 g/mol. The number of hydrogen-bond donors (Lipinski definition) is 0. The molecule has 0 amide bonds. The molecule has 2 aliphatic rings. The Morgan fingerprint density at radius 2 is 1.53 bits per heavy atom. The summed E-state index contributed by atoms with van der Waals surface area (Å²) in [7, 11) is 0. The smallest absolute Gasteiger partial charge is 0.172 e. The van der Waals surface area contributed by atoms with Crippen LogP contribution in [0.5, 0.6) is 5.75 Å². The molecule has 0 saturated heterocycles. The maximum atomic E-state index is 14.9. The first-order chi connectivity index (χ1) is 16.7. The second-order valence-electron chi connectivity index (χ2n) is 10.8. The van der Waals surface area contributed by atoms with Crippen LogP contribution >= 0.6 is 0 Å². The van der Waals surface area contributed by atoms with Gasteiger partial charge in [-0.05, 0) is 86.1 Å². The molecule has 2 heteroatoms. The minimum atomic E-state index is -0.244. The van der Waals surface area contributed by atoms with E-state index in [4.69, 9.17) is 4.74 Å². The predicted molar refractivity (Wildman–Crippen MR) is 143 cm³/mol. The van der Waals surface area contributed by atoms with Crippen molar-refractivity contribution in [3.63, 3.8) is 0 Å². The normalized spacial score (nSPS) is 25.6. The summed E-state index contributed by atoms with van der Waals surface area (Å²) in [6.45, 7) is 6.21. The fourth-order valence-electron chi connectivity index (χ4n) is 6.31. The second-order valence-corrected chi connectivity index (χ2v) is 10.8. The Morgan fingerprint density at radius 1 is 0.882 bits per heavy atom. The summed E-state index contributed by atoms with van der Waals surface area (Å²) in [5.74, 6) is 3.55. The average Bonchev–Trinajstić information content (AvgIpc) is 2.88. The summed E-state index contributed by atoms with van der Waals surface area (Å²) < 4.78 is 20.4. The SMILES string of the molecule is C=CCCC1CCC(CCC2CCC(c3ccc4c(F)c(OCC=CC)ccc4c3)CC2)CC1. The summed E-state index contributed by atoms with van der Waals surface area (Å²) in [4.78, 5) is 0. The summed E-state index contributed by atoms with van der Waals surface area (Å²) in [5.41, 5.74) is 1.38. The molecule has 0 aromatic heterocycles. The molecule has 0 N–H and O–H groups in total. The topological polar surface area (TPSA) is 9.23 Å².